The van der Waals surface area contributed by atoms with Crippen LogP contribution in [0.15, 0.2) is 22.6 Å². The first-order valence-electron chi connectivity index (χ1n) is 8.35. The van der Waals surface area contributed by atoms with Crippen LogP contribution in [0.25, 0.3) is 0 Å². The maximum Gasteiger partial charge on any atom is 0.292 e. The van der Waals surface area contributed by atoms with Crippen molar-refractivity contribution in [2.75, 3.05) is 0 Å². The lowest BCUT2D eigenvalue weighted by molar-refractivity contribution is 0.0948. The van der Waals surface area contributed by atoms with Crippen LogP contribution in [0.5, 0.6) is 0 Å². The summed E-state index contributed by atoms with van der Waals surface area (Å²) in [6, 6.07) is 3.90. The summed E-state index contributed by atoms with van der Waals surface area (Å²) in [6.45, 7) is 6.81. The van der Waals surface area contributed by atoms with E-state index < -0.39 is 0 Å². The second-order valence-electron chi connectivity index (χ2n) is 7.62. The number of fused-ring (bicyclic) bond motifs is 1. The molecule has 1 aliphatic carbocycles. The zero-order chi connectivity index (χ0) is 17.2. The number of nitrogens with one attached hydrogen (secondary N) is 2. The Bertz CT molecular complexity index is 725. The minimum atomic E-state index is -0.239. The van der Waals surface area contributed by atoms with E-state index in [4.69, 9.17) is 0 Å². The number of aromatic nitrogens is 2. The summed E-state index contributed by atoms with van der Waals surface area (Å²) < 4.78 is 0. The molecule has 2 heterocycles. The Morgan fingerprint density at radius 3 is 3.08 bits per heavy atom. The van der Waals surface area contributed by atoms with Crippen LogP contribution >= 0.6 is 11.3 Å². The standard InChI is InChI=1S/C18H24N4OS/c1-18(2,3)10-12-6-7-15-14(9-12)16(21-20-15)17(23)22-19-11-13-5-4-8-24-13/h4-5,8,11-12H,6-7,9-10H2,1-3H3,(H,20,21)(H,22,23)/b19-11+. The van der Waals surface area contributed by atoms with Crippen molar-refractivity contribution >= 4 is 23.5 Å². The molecule has 24 heavy (non-hydrogen) atoms. The Balaban J connectivity index is 1.67. The molecule has 0 fully saturated rings. The Kier molecular flexibility index (Phi) is 4.85. The van der Waals surface area contributed by atoms with Gasteiger partial charge in [-0.25, -0.2) is 5.43 Å². The Morgan fingerprint density at radius 2 is 2.38 bits per heavy atom. The van der Waals surface area contributed by atoms with E-state index in [0.717, 1.165) is 41.8 Å². The minimum absolute atomic E-state index is 0.239. The number of hydrazone groups is 1. The molecule has 2 aromatic rings. The highest BCUT2D eigenvalue weighted by Crippen LogP contribution is 2.34. The molecule has 1 amide bonds. The van der Waals surface area contributed by atoms with Crippen LogP contribution in [-0.2, 0) is 12.8 Å². The molecule has 2 N–H and O–H groups in total. The summed E-state index contributed by atoms with van der Waals surface area (Å²) in [4.78, 5) is 13.4. The SMILES string of the molecule is CC(C)(C)CC1CCc2[nH]nc(C(=O)N/N=C/c3cccs3)c2C1. The predicted octanol–water partition coefficient (Wildman–Crippen LogP) is 3.78. The topological polar surface area (TPSA) is 70.1 Å². The maximum atomic E-state index is 12.4. The van der Waals surface area contributed by atoms with Crippen LogP contribution in [-0.4, -0.2) is 22.3 Å². The lowest BCUT2D eigenvalue weighted by atomic mass is 9.76. The van der Waals surface area contributed by atoms with Gasteiger partial charge in [-0.15, -0.1) is 11.3 Å². The molecule has 1 aliphatic rings. The van der Waals surface area contributed by atoms with Gasteiger partial charge in [-0.3, -0.25) is 9.89 Å². The molecule has 0 radical (unpaired) electrons. The van der Waals surface area contributed by atoms with E-state index in [1.54, 1.807) is 17.6 Å². The third kappa shape index (κ3) is 4.12. The fourth-order valence-electron chi connectivity index (χ4n) is 3.37. The van der Waals surface area contributed by atoms with Crippen LogP contribution in [0.4, 0.5) is 0 Å². The molecule has 0 saturated carbocycles. The molecule has 2 aromatic heterocycles. The van der Waals surface area contributed by atoms with Crippen LogP contribution < -0.4 is 5.43 Å². The van der Waals surface area contributed by atoms with Crippen molar-refractivity contribution in [1.29, 1.82) is 0 Å². The highest BCUT2D eigenvalue weighted by Gasteiger charge is 2.28. The predicted molar refractivity (Wildman–Crippen MR) is 97.6 cm³/mol. The molecule has 0 saturated heterocycles. The van der Waals surface area contributed by atoms with Crippen molar-refractivity contribution in [3.63, 3.8) is 0 Å². The van der Waals surface area contributed by atoms with Gasteiger partial charge in [0.05, 0.1) is 6.21 Å². The number of amides is 1. The zero-order valence-corrected chi connectivity index (χ0v) is 15.2. The van der Waals surface area contributed by atoms with Crippen molar-refractivity contribution < 1.29 is 4.79 Å². The highest BCUT2D eigenvalue weighted by molar-refractivity contribution is 7.11. The Morgan fingerprint density at radius 1 is 1.54 bits per heavy atom. The third-order valence-corrected chi connectivity index (χ3v) is 5.07. The van der Waals surface area contributed by atoms with E-state index in [2.05, 4.69) is 41.5 Å². The van der Waals surface area contributed by atoms with Gasteiger partial charge in [0.2, 0.25) is 0 Å². The molecule has 0 bridgehead atoms. The van der Waals surface area contributed by atoms with Crippen molar-refractivity contribution in [3.05, 3.63) is 39.3 Å². The number of hydrogen-bond acceptors (Lipinski definition) is 4. The van der Waals surface area contributed by atoms with Crippen LogP contribution in [0.2, 0.25) is 0 Å². The monoisotopic (exact) mass is 344 g/mol. The van der Waals surface area contributed by atoms with Crippen LogP contribution in [0, 0.1) is 11.3 Å². The van der Waals surface area contributed by atoms with E-state index in [1.165, 1.54) is 0 Å². The summed E-state index contributed by atoms with van der Waals surface area (Å²) in [5, 5.41) is 13.3. The molecular weight excluding hydrogens is 320 g/mol. The van der Waals surface area contributed by atoms with E-state index in [0.29, 0.717) is 17.0 Å². The van der Waals surface area contributed by atoms with Gasteiger partial charge in [0.15, 0.2) is 5.69 Å². The lowest BCUT2D eigenvalue weighted by Crippen LogP contribution is -2.24. The smallest absolute Gasteiger partial charge is 0.281 e. The first-order chi connectivity index (χ1) is 11.4. The second-order valence-corrected chi connectivity index (χ2v) is 8.60. The quantitative estimate of drug-likeness (QED) is 0.654. The molecule has 6 heteroatoms. The summed E-state index contributed by atoms with van der Waals surface area (Å²) in [5.41, 5.74) is 5.56. The van der Waals surface area contributed by atoms with Crippen molar-refractivity contribution in [2.45, 2.75) is 46.5 Å². The average Bonchev–Trinajstić information content (AvgIpc) is 3.14. The lowest BCUT2D eigenvalue weighted by Gasteiger charge is -2.28. The molecule has 0 aromatic carbocycles. The second kappa shape index (κ2) is 6.89. The van der Waals surface area contributed by atoms with Gasteiger partial charge in [-0.1, -0.05) is 26.8 Å². The number of hydrogen-bond donors (Lipinski definition) is 2. The van der Waals surface area contributed by atoms with Gasteiger partial charge in [0.25, 0.3) is 5.91 Å². The van der Waals surface area contributed by atoms with Crippen molar-refractivity contribution in [3.8, 4) is 0 Å². The van der Waals surface area contributed by atoms with Crippen molar-refractivity contribution in [1.82, 2.24) is 15.6 Å². The molecule has 1 unspecified atom stereocenters. The number of rotatable bonds is 4. The first-order valence-corrected chi connectivity index (χ1v) is 9.23. The number of carbonyl (C=O) groups excluding carboxylic acids is 1. The number of H-pyrrole nitrogens is 1. The number of nitrogens with zero attached hydrogens (tertiary/aromatic N) is 2. The summed E-state index contributed by atoms with van der Waals surface area (Å²) in [6.07, 6.45) is 5.86. The van der Waals surface area contributed by atoms with Crippen molar-refractivity contribution in [2.24, 2.45) is 16.4 Å². The largest absolute Gasteiger partial charge is 0.292 e. The average molecular weight is 344 g/mol. The first kappa shape index (κ1) is 16.9. The van der Waals surface area contributed by atoms with Gasteiger partial charge >= 0.3 is 0 Å². The van der Waals surface area contributed by atoms with Gasteiger partial charge in [-0.05, 0) is 48.5 Å². The summed E-state index contributed by atoms with van der Waals surface area (Å²) in [7, 11) is 0. The molecule has 1 atom stereocenters. The number of aryl methyl sites for hydroxylation is 1. The molecule has 5 nitrogen and oxygen atoms in total. The fraction of sp³-hybridized carbons (Fsp3) is 0.500. The number of aromatic amines is 1. The maximum absolute atomic E-state index is 12.4. The Hall–Kier alpha value is -1.95. The third-order valence-electron chi connectivity index (χ3n) is 4.27. The number of thiophene rings is 1. The van der Waals surface area contributed by atoms with Gasteiger partial charge in [-0.2, -0.15) is 10.2 Å². The number of carbonyl (C=O) groups is 1. The van der Waals surface area contributed by atoms with Gasteiger partial charge < -0.3 is 0 Å². The Labute approximate surface area is 146 Å². The summed E-state index contributed by atoms with van der Waals surface area (Å²) >= 11 is 1.58. The van der Waals surface area contributed by atoms with Crippen LogP contribution in [0.1, 0.15) is 60.2 Å². The van der Waals surface area contributed by atoms with E-state index >= 15 is 0 Å². The molecule has 0 aliphatic heterocycles. The van der Waals surface area contributed by atoms with E-state index in [-0.39, 0.29) is 5.91 Å². The normalized spacial score (nSPS) is 17.9. The fourth-order valence-corrected chi connectivity index (χ4v) is 3.95. The van der Waals surface area contributed by atoms with Gasteiger partial charge in [0, 0.05) is 16.1 Å². The summed E-state index contributed by atoms with van der Waals surface area (Å²) in [5.74, 6) is 0.369. The van der Waals surface area contributed by atoms with E-state index in [1.807, 2.05) is 17.5 Å². The van der Waals surface area contributed by atoms with E-state index in [9.17, 15) is 4.79 Å². The molecule has 0 spiro atoms. The molecular formula is C18H24N4OS. The van der Waals surface area contributed by atoms with Gasteiger partial charge in [0.1, 0.15) is 0 Å². The molecule has 128 valence electrons. The molecule has 3 rings (SSSR count). The zero-order valence-electron chi connectivity index (χ0n) is 14.4. The van der Waals surface area contributed by atoms with Crippen LogP contribution in [0.3, 0.4) is 0 Å². The minimum Gasteiger partial charge on any atom is -0.281 e. The highest BCUT2D eigenvalue weighted by atomic mass is 32.1.